The molecule has 0 saturated carbocycles. The maximum Gasteiger partial charge on any atom is 0.220 e. The second-order valence-corrected chi connectivity index (χ2v) is 4.51. The lowest BCUT2D eigenvalue weighted by molar-refractivity contribution is 0.103. The molecule has 0 saturated heterocycles. The fourth-order valence-corrected chi connectivity index (χ4v) is 1.78. The third-order valence-corrected chi connectivity index (χ3v) is 2.85. The summed E-state index contributed by atoms with van der Waals surface area (Å²) in [7, 11) is 1.58. The van der Waals surface area contributed by atoms with E-state index in [0.29, 0.717) is 5.69 Å². The minimum absolute atomic E-state index is 0.141. The molecule has 0 aliphatic rings. The quantitative estimate of drug-likeness (QED) is 0.858. The van der Waals surface area contributed by atoms with Crippen LogP contribution in [0.3, 0.4) is 0 Å². The highest BCUT2D eigenvalue weighted by molar-refractivity contribution is 9.10. The summed E-state index contributed by atoms with van der Waals surface area (Å²) in [5, 5.41) is 13.7. The van der Waals surface area contributed by atoms with Crippen molar-refractivity contribution in [2.45, 2.75) is 6.92 Å². The van der Waals surface area contributed by atoms with Crippen LogP contribution >= 0.6 is 15.9 Å². The van der Waals surface area contributed by atoms with Gasteiger partial charge < -0.3 is 5.11 Å². The molecule has 5 nitrogen and oxygen atoms in total. The number of rotatable bonds is 2. The number of aryl methyl sites for hydroxylation is 2. The molecule has 1 N–H and O–H groups in total. The van der Waals surface area contributed by atoms with E-state index in [1.165, 1.54) is 10.9 Å². The van der Waals surface area contributed by atoms with E-state index < -0.39 is 0 Å². The summed E-state index contributed by atoms with van der Waals surface area (Å²) in [6.45, 7) is 1.67. The van der Waals surface area contributed by atoms with Crippen LogP contribution in [0.15, 0.2) is 22.8 Å². The number of aromatic hydroxyl groups is 1. The second-order valence-electron chi connectivity index (χ2n) is 3.60. The standard InChI is InChI=1S/C11H10BrN3O2/c1-6-9(11(17)15(2)14-6)10(16)8-4-3-7(12)5-13-8/h3-5,17H,1-2H3. The highest BCUT2D eigenvalue weighted by Gasteiger charge is 2.21. The molecule has 17 heavy (non-hydrogen) atoms. The van der Waals surface area contributed by atoms with E-state index in [1.807, 2.05) is 0 Å². The van der Waals surface area contributed by atoms with Crippen molar-refractivity contribution in [1.29, 1.82) is 0 Å². The summed E-state index contributed by atoms with van der Waals surface area (Å²) in [6, 6.07) is 3.32. The molecule has 2 aromatic heterocycles. The third-order valence-electron chi connectivity index (χ3n) is 2.38. The fourth-order valence-electron chi connectivity index (χ4n) is 1.55. The van der Waals surface area contributed by atoms with Gasteiger partial charge in [0.1, 0.15) is 11.3 Å². The van der Waals surface area contributed by atoms with E-state index in [2.05, 4.69) is 26.0 Å². The molecular formula is C11H10BrN3O2. The largest absolute Gasteiger partial charge is 0.493 e. The average molecular weight is 296 g/mol. The molecule has 2 rings (SSSR count). The van der Waals surface area contributed by atoms with Crippen molar-refractivity contribution in [2.24, 2.45) is 7.05 Å². The lowest BCUT2D eigenvalue weighted by Crippen LogP contribution is -2.04. The van der Waals surface area contributed by atoms with Crippen LogP contribution in [-0.4, -0.2) is 25.7 Å². The van der Waals surface area contributed by atoms with E-state index in [9.17, 15) is 9.90 Å². The smallest absolute Gasteiger partial charge is 0.220 e. The Labute approximate surface area is 106 Å². The Morgan fingerprint density at radius 2 is 2.18 bits per heavy atom. The van der Waals surface area contributed by atoms with E-state index in [1.54, 1.807) is 26.1 Å². The van der Waals surface area contributed by atoms with Gasteiger partial charge in [0.05, 0.1) is 5.69 Å². The van der Waals surface area contributed by atoms with Gasteiger partial charge in [0, 0.05) is 17.7 Å². The number of nitrogens with zero attached hydrogens (tertiary/aromatic N) is 3. The number of halogens is 1. The summed E-state index contributed by atoms with van der Waals surface area (Å²) in [5.74, 6) is -0.474. The van der Waals surface area contributed by atoms with Gasteiger partial charge in [-0.05, 0) is 35.0 Å². The van der Waals surface area contributed by atoms with Crippen molar-refractivity contribution in [3.8, 4) is 5.88 Å². The van der Waals surface area contributed by atoms with Crippen molar-refractivity contribution in [3.63, 3.8) is 0 Å². The highest BCUT2D eigenvalue weighted by Crippen LogP contribution is 2.22. The molecule has 0 aliphatic heterocycles. The second kappa shape index (κ2) is 4.29. The molecule has 2 heterocycles. The molecule has 6 heteroatoms. The van der Waals surface area contributed by atoms with Crippen LogP contribution in [0, 0.1) is 6.92 Å². The van der Waals surface area contributed by atoms with E-state index in [0.717, 1.165) is 4.47 Å². The molecule has 0 atom stereocenters. The normalized spacial score (nSPS) is 10.5. The van der Waals surface area contributed by atoms with Crippen LogP contribution in [0.25, 0.3) is 0 Å². The van der Waals surface area contributed by atoms with Gasteiger partial charge >= 0.3 is 0 Å². The van der Waals surface area contributed by atoms with E-state index in [-0.39, 0.29) is 22.9 Å². The third kappa shape index (κ3) is 2.08. The van der Waals surface area contributed by atoms with Gasteiger partial charge in [-0.25, -0.2) is 4.68 Å². The number of hydrogen-bond donors (Lipinski definition) is 1. The van der Waals surface area contributed by atoms with Gasteiger partial charge in [-0.3, -0.25) is 9.78 Å². The fraction of sp³-hybridized carbons (Fsp3) is 0.182. The van der Waals surface area contributed by atoms with Crippen molar-refractivity contribution in [2.75, 3.05) is 0 Å². The highest BCUT2D eigenvalue weighted by atomic mass is 79.9. The predicted molar refractivity (Wildman–Crippen MR) is 65.0 cm³/mol. The van der Waals surface area contributed by atoms with Crippen LogP contribution in [0.2, 0.25) is 0 Å². The number of hydrogen-bond acceptors (Lipinski definition) is 4. The van der Waals surface area contributed by atoms with Crippen molar-refractivity contribution in [1.82, 2.24) is 14.8 Å². The molecule has 0 aromatic carbocycles. The molecule has 0 fully saturated rings. The van der Waals surface area contributed by atoms with Crippen molar-refractivity contribution < 1.29 is 9.90 Å². The van der Waals surface area contributed by atoms with Crippen LogP contribution in [0.5, 0.6) is 5.88 Å². The van der Waals surface area contributed by atoms with Crippen LogP contribution in [-0.2, 0) is 7.05 Å². The molecule has 0 amide bonds. The first-order chi connectivity index (χ1) is 8.00. The Hall–Kier alpha value is -1.69. The van der Waals surface area contributed by atoms with Gasteiger partial charge in [-0.1, -0.05) is 0 Å². The topological polar surface area (TPSA) is 68.0 Å². The Bertz CT molecular complexity index is 575. The zero-order valence-corrected chi connectivity index (χ0v) is 10.9. The van der Waals surface area contributed by atoms with E-state index >= 15 is 0 Å². The lowest BCUT2D eigenvalue weighted by Gasteiger charge is -2.00. The molecule has 0 radical (unpaired) electrons. The first kappa shape index (κ1) is 11.8. The molecule has 0 unspecified atom stereocenters. The Kier molecular flexibility index (Phi) is 2.97. The maximum atomic E-state index is 12.1. The van der Waals surface area contributed by atoms with Crippen LogP contribution < -0.4 is 0 Å². The minimum Gasteiger partial charge on any atom is -0.493 e. The van der Waals surface area contributed by atoms with Gasteiger partial charge in [-0.2, -0.15) is 5.10 Å². The maximum absolute atomic E-state index is 12.1. The van der Waals surface area contributed by atoms with Gasteiger partial charge in [0.15, 0.2) is 0 Å². The molecule has 0 aliphatic carbocycles. The molecule has 0 spiro atoms. The SMILES string of the molecule is Cc1nn(C)c(O)c1C(=O)c1ccc(Br)cn1. The zero-order chi connectivity index (χ0) is 12.6. The summed E-state index contributed by atoms with van der Waals surface area (Å²) < 4.78 is 2.06. The average Bonchev–Trinajstić information content (AvgIpc) is 2.53. The summed E-state index contributed by atoms with van der Waals surface area (Å²) in [6.07, 6.45) is 1.54. The Balaban J connectivity index is 2.47. The first-order valence-electron chi connectivity index (χ1n) is 4.89. The molecular weight excluding hydrogens is 286 g/mol. The first-order valence-corrected chi connectivity index (χ1v) is 5.69. The number of ketones is 1. The predicted octanol–water partition coefficient (Wildman–Crippen LogP) is 1.82. The summed E-state index contributed by atoms with van der Waals surface area (Å²) in [5.41, 5.74) is 0.960. The Morgan fingerprint density at radius 1 is 1.47 bits per heavy atom. The lowest BCUT2D eigenvalue weighted by atomic mass is 10.1. The summed E-state index contributed by atoms with van der Waals surface area (Å²) >= 11 is 3.24. The number of carbonyl (C=O) groups is 1. The summed E-state index contributed by atoms with van der Waals surface area (Å²) in [4.78, 5) is 16.1. The van der Waals surface area contributed by atoms with Gasteiger partial charge in [0.25, 0.3) is 0 Å². The van der Waals surface area contributed by atoms with E-state index in [4.69, 9.17) is 0 Å². The minimum atomic E-state index is -0.333. The van der Waals surface area contributed by atoms with Crippen molar-refractivity contribution in [3.05, 3.63) is 39.8 Å². The zero-order valence-electron chi connectivity index (χ0n) is 9.31. The number of aromatic nitrogens is 3. The van der Waals surface area contributed by atoms with Crippen LogP contribution in [0.4, 0.5) is 0 Å². The molecule has 88 valence electrons. The monoisotopic (exact) mass is 295 g/mol. The van der Waals surface area contributed by atoms with Crippen LogP contribution in [0.1, 0.15) is 21.7 Å². The molecule has 2 aromatic rings. The van der Waals surface area contributed by atoms with Gasteiger partial charge in [0.2, 0.25) is 11.7 Å². The van der Waals surface area contributed by atoms with Crippen molar-refractivity contribution >= 4 is 21.7 Å². The number of pyridine rings is 1. The Morgan fingerprint density at radius 3 is 2.65 bits per heavy atom. The molecule has 0 bridgehead atoms. The van der Waals surface area contributed by atoms with Gasteiger partial charge in [-0.15, -0.1) is 0 Å². The number of carbonyl (C=O) groups excluding carboxylic acids is 1.